The summed E-state index contributed by atoms with van der Waals surface area (Å²) < 4.78 is 5.59. The summed E-state index contributed by atoms with van der Waals surface area (Å²) in [4.78, 5) is 18.1. The molecule has 124 valence electrons. The molecule has 1 aliphatic heterocycles. The quantitative estimate of drug-likeness (QED) is 0.915. The highest BCUT2D eigenvalue weighted by molar-refractivity contribution is 5.78. The molecule has 0 atom stereocenters. The van der Waals surface area contributed by atoms with E-state index in [0.717, 1.165) is 37.4 Å². The van der Waals surface area contributed by atoms with Crippen LogP contribution in [-0.2, 0) is 4.79 Å². The van der Waals surface area contributed by atoms with E-state index in [9.17, 15) is 4.79 Å². The van der Waals surface area contributed by atoms with Crippen LogP contribution in [-0.4, -0.2) is 48.6 Å². The van der Waals surface area contributed by atoms with Crippen LogP contribution >= 0.6 is 0 Å². The first-order valence-corrected chi connectivity index (χ1v) is 8.12. The summed E-state index contributed by atoms with van der Waals surface area (Å²) in [6.45, 7) is 3.29. The molecule has 1 fully saturated rings. The third-order valence-corrected chi connectivity index (χ3v) is 3.85. The third kappa shape index (κ3) is 4.67. The summed E-state index contributed by atoms with van der Waals surface area (Å²) in [5.74, 6) is 0.740. The van der Waals surface area contributed by atoms with Crippen LogP contribution in [0.3, 0.4) is 0 Å². The number of benzene rings is 1. The molecule has 0 aliphatic carbocycles. The van der Waals surface area contributed by atoms with Crippen LogP contribution in [0.15, 0.2) is 48.7 Å². The van der Waals surface area contributed by atoms with Gasteiger partial charge in [0.2, 0.25) is 0 Å². The maximum atomic E-state index is 12.1. The lowest BCUT2D eigenvalue weighted by atomic mass is 10.2. The highest BCUT2D eigenvalue weighted by atomic mass is 16.5. The van der Waals surface area contributed by atoms with Gasteiger partial charge in [0.15, 0.2) is 6.61 Å². The average Bonchev–Trinajstić information content (AvgIpc) is 2.67. The Labute approximate surface area is 142 Å². The Bertz CT molecular complexity index is 678. The average molecular weight is 323 g/mol. The molecular weight excluding hydrogens is 302 g/mol. The Morgan fingerprint density at radius 1 is 1.12 bits per heavy atom. The number of amides is 1. The van der Waals surface area contributed by atoms with Gasteiger partial charge in [-0.3, -0.25) is 9.78 Å². The summed E-state index contributed by atoms with van der Waals surface area (Å²) in [6, 6.07) is 13.5. The van der Waals surface area contributed by atoms with Crippen LogP contribution in [0.25, 0.3) is 12.2 Å². The van der Waals surface area contributed by atoms with E-state index in [1.54, 1.807) is 6.20 Å². The molecule has 5 heteroatoms. The first kappa shape index (κ1) is 16.2. The second kappa shape index (κ2) is 8.26. The minimum absolute atomic E-state index is 0.0376. The van der Waals surface area contributed by atoms with Gasteiger partial charge in [0.1, 0.15) is 5.75 Å². The Kier molecular flexibility index (Phi) is 5.58. The van der Waals surface area contributed by atoms with E-state index >= 15 is 0 Å². The number of pyridine rings is 1. The molecule has 5 nitrogen and oxygen atoms in total. The zero-order valence-electron chi connectivity index (χ0n) is 13.5. The molecule has 3 rings (SSSR count). The normalized spacial score (nSPS) is 14.8. The maximum Gasteiger partial charge on any atom is 0.260 e. The topological polar surface area (TPSA) is 54.5 Å². The minimum atomic E-state index is 0.0376. The van der Waals surface area contributed by atoms with Crippen molar-refractivity contribution in [3.05, 3.63) is 59.9 Å². The van der Waals surface area contributed by atoms with E-state index in [4.69, 9.17) is 4.74 Å². The highest BCUT2D eigenvalue weighted by Crippen LogP contribution is 2.14. The van der Waals surface area contributed by atoms with E-state index in [1.165, 1.54) is 0 Å². The molecule has 0 unspecified atom stereocenters. The summed E-state index contributed by atoms with van der Waals surface area (Å²) in [5.41, 5.74) is 1.97. The van der Waals surface area contributed by atoms with Gasteiger partial charge in [-0.1, -0.05) is 24.3 Å². The molecule has 0 spiro atoms. The monoisotopic (exact) mass is 323 g/mol. The molecule has 24 heavy (non-hydrogen) atoms. The molecule has 0 bridgehead atoms. The molecule has 2 heterocycles. The van der Waals surface area contributed by atoms with Crippen LogP contribution in [0.2, 0.25) is 0 Å². The number of hydrogen-bond donors (Lipinski definition) is 1. The number of carbonyl (C=O) groups excluding carboxylic acids is 1. The fourth-order valence-electron chi connectivity index (χ4n) is 2.48. The number of aromatic nitrogens is 1. The molecule has 1 aromatic carbocycles. The highest BCUT2D eigenvalue weighted by Gasteiger charge is 2.16. The van der Waals surface area contributed by atoms with Gasteiger partial charge in [-0.05, 0) is 35.9 Å². The van der Waals surface area contributed by atoms with Crippen molar-refractivity contribution < 1.29 is 9.53 Å². The van der Waals surface area contributed by atoms with Crippen molar-refractivity contribution >= 4 is 18.1 Å². The van der Waals surface area contributed by atoms with Crippen LogP contribution in [0.1, 0.15) is 11.3 Å². The number of rotatable bonds is 5. The predicted molar refractivity (Wildman–Crippen MR) is 94.6 cm³/mol. The van der Waals surface area contributed by atoms with Crippen molar-refractivity contribution in [1.29, 1.82) is 0 Å². The smallest absolute Gasteiger partial charge is 0.260 e. The number of ether oxygens (including phenoxy) is 1. The molecule has 1 aromatic heterocycles. The van der Waals surface area contributed by atoms with Gasteiger partial charge >= 0.3 is 0 Å². The Hall–Kier alpha value is -2.66. The van der Waals surface area contributed by atoms with Crippen LogP contribution in [0.5, 0.6) is 5.75 Å². The van der Waals surface area contributed by atoms with Crippen molar-refractivity contribution in [2.45, 2.75) is 0 Å². The van der Waals surface area contributed by atoms with Crippen molar-refractivity contribution in [1.82, 2.24) is 15.2 Å². The summed E-state index contributed by atoms with van der Waals surface area (Å²) in [6.07, 6.45) is 5.73. The zero-order chi connectivity index (χ0) is 16.6. The summed E-state index contributed by atoms with van der Waals surface area (Å²) in [5, 5.41) is 3.23. The second-order valence-electron chi connectivity index (χ2n) is 5.58. The van der Waals surface area contributed by atoms with E-state index in [-0.39, 0.29) is 12.5 Å². The maximum absolute atomic E-state index is 12.1. The summed E-state index contributed by atoms with van der Waals surface area (Å²) in [7, 11) is 0. The lowest BCUT2D eigenvalue weighted by molar-refractivity contribution is -0.133. The van der Waals surface area contributed by atoms with Gasteiger partial charge in [-0.2, -0.15) is 0 Å². The fourth-order valence-corrected chi connectivity index (χ4v) is 2.48. The first-order valence-electron chi connectivity index (χ1n) is 8.12. The van der Waals surface area contributed by atoms with Crippen molar-refractivity contribution in [3.8, 4) is 5.75 Å². The zero-order valence-corrected chi connectivity index (χ0v) is 13.5. The second-order valence-corrected chi connectivity index (χ2v) is 5.58. The number of nitrogens with one attached hydrogen (secondary N) is 1. The van der Waals surface area contributed by atoms with Gasteiger partial charge in [-0.25, -0.2) is 0 Å². The Morgan fingerprint density at radius 3 is 2.62 bits per heavy atom. The van der Waals surface area contributed by atoms with Gasteiger partial charge < -0.3 is 15.0 Å². The predicted octanol–water partition coefficient (Wildman–Crippen LogP) is 2.06. The molecule has 0 radical (unpaired) electrons. The van der Waals surface area contributed by atoms with Crippen LogP contribution < -0.4 is 10.1 Å². The Morgan fingerprint density at radius 2 is 1.92 bits per heavy atom. The lowest BCUT2D eigenvalue weighted by Crippen LogP contribution is -2.47. The molecule has 1 N–H and O–H groups in total. The summed E-state index contributed by atoms with van der Waals surface area (Å²) >= 11 is 0. The standard InChI is InChI=1S/C19H21N3O2/c23-19(22-13-11-20-12-14-22)15-24-18-8-5-16(6-9-18)4-7-17-3-1-2-10-21-17/h1-10,20H,11-15H2/b7-4+. The van der Waals surface area contributed by atoms with Gasteiger partial charge in [-0.15, -0.1) is 0 Å². The van der Waals surface area contributed by atoms with Crippen molar-refractivity contribution in [2.75, 3.05) is 32.8 Å². The molecule has 1 aliphatic rings. The first-order chi connectivity index (χ1) is 11.8. The minimum Gasteiger partial charge on any atom is -0.484 e. The van der Waals surface area contributed by atoms with E-state index in [1.807, 2.05) is 59.5 Å². The number of hydrogen-bond acceptors (Lipinski definition) is 4. The molecule has 2 aromatic rings. The molecule has 1 saturated heterocycles. The van der Waals surface area contributed by atoms with E-state index in [0.29, 0.717) is 5.75 Å². The van der Waals surface area contributed by atoms with Crippen LogP contribution in [0.4, 0.5) is 0 Å². The molecule has 1 amide bonds. The van der Waals surface area contributed by atoms with Gasteiger partial charge in [0.25, 0.3) is 5.91 Å². The van der Waals surface area contributed by atoms with Gasteiger partial charge in [0, 0.05) is 32.4 Å². The molecule has 0 saturated carbocycles. The SMILES string of the molecule is O=C(COc1ccc(/C=C/c2ccccn2)cc1)N1CCNCC1. The van der Waals surface area contributed by atoms with Crippen molar-refractivity contribution in [3.63, 3.8) is 0 Å². The van der Waals surface area contributed by atoms with Crippen LogP contribution in [0, 0.1) is 0 Å². The third-order valence-electron chi connectivity index (χ3n) is 3.85. The van der Waals surface area contributed by atoms with E-state index in [2.05, 4.69) is 10.3 Å². The lowest BCUT2D eigenvalue weighted by Gasteiger charge is -2.27. The number of carbonyl (C=O) groups is 1. The largest absolute Gasteiger partial charge is 0.484 e. The number of piperazine rings is 1. The van der Waals surface area contributed by atoms with E-state index < -0.39 is 0 Å². The Balaban J connectivity index is 1.51. The fraction of sp³-hybridized carbons (Fsp3) is 0.263. The van der Waals surface area contributed by atoms with Gasteiger partial charge in [0.05, 0.1) is 5.69 Å². The number of nitrogens with zero attached hydrogens (tertiary/aromatic N) is 2. The molecular formula is C19H21N3O2. The van der Waals surface area contributed by atoms with Crippen molar-refractivity contribution in [2.24, 2.45) is 0 Å².